The maximum atomic E-state index is 11.9. The Morgan fingerprint density at radius 1 is 1.36 bits per heavy atom. The summed E-state index contributed by atoms with van der Waals surface area (Å²) in [6, 6.07) is 9.88. The van der Waals surface area contributed by atoms with Crippen molar-refractivity contribution < 1.29 is 24.6 Å². The largest absolute Gasteiger partial charge is 0.459 e. The van der Waals surface area contributed by atoms with Gasteiger partial charge in [-0.1, -0.05) is 18.2 Å². The average Bonchev–Trinajstić information content (AvgIpc) is 3.00. The van der Waals surface area contributed by atoms with Crippen LogP contribution in [0.3, 0.4) is 0 Å². The summed E-state index contributed by atoms with van der Waals surface area (Å²) in [5.74, 6) is -0.499. The Bertz CT molecular complexity index is 794. The number of aliphatic hydroxyl groups is 1. The smallest absolute Gasteiger partial charge is 0.351 e. The Kier molecular flexibility index (Phi) is 5.08. The zero-order valence-electron chi connectivity index (χ0n) is 13.1. The van der Waals surface area contributed by atoms with Crippen LogP contribution in [0.25, 0.3) is 0 Å². The van der Waals surface area contributed by atoms with E-state index in [1.165, 1.54) is 12.3 Å². The number of benzene rings is 1. The van der Waals surface area contributed by atoms with Crippen LogP contribution in [0.4, 0.5) is 5.82 Å². The van der Waals surface area contributed by atoms with Gasteiger partial charge in [0.05, 0.1) is 11.7 Å². The lowest BCUT2D eigenvalue weighted by molar-refractivity contribution is -0.0570. The maximum Gasteiger partial charge on any atom is 0.351 e. The van der Waals surface area contributed by atoms with Crippen molar-refractivity contribution in [3.05, 3.63) is 58.6 Å². The Hall–Kier alpha value is -2.75. The third kappa shape index (κ3) is 3.85. The summed E-state index contributed by atoms with van der Waals surface area (Å²) >= 11 is 0. The summed E-state index contributed by atoms with van der Waals surface area (Å²) < 4.78 is 11.9. The van der Waals surface area contributed by atoms with Crippen molar-refractivity contribution in [2.45, 2.75) is 24.9 Å². The van der Waals surface area contributed by atoms with Gasteiger partial charge in [-0.2, -0.15) is 4.98 Å². The van der Waals surface area contributed by atoms with Crippen LogP contribution in [0, 0.1) is 0 Å². The minimum atomic E-state index is -0.951. The number of carbonyl (C=O) groups excluding carboxylic acids is 1. The van der Waals surface area contributed by atoms with Gasteiger partial charge in [0.15, 0.2) is 12.0 Å². The second-order valence-corrected chi connectivity index (χ2v) is 5.53. The number of aliphatic hydroxyl groups excluding tert-OH is 1. The number of nitrogens with one attached hydrogen (secondary N) is 1. The first-order chi connectivity index (χ1) is 12.1. The number of aromatic nitrogens is 2. The Balaban J connectivity index is 1.62. The molecule has 1 fully saturated rings. The molecule has 3 atom stereocenters. The molecule has 0 spiro atoms. The molecule has 1 aliphatic rings. The number of anilines is 1. The molecule has 1 aromatic heterocycles. The maximum absolute atomic E-state index is 11.9. The van der Waals surface area contributed by atoms with Crippen molar-refractivity contribution in [1.82, 2.24) is 9.55 Å². The molecule has 3 N–H and O–H groups in total. The third-order valence-corrected chi connectivity index (χ3v) is 3.79. The summed E-state index contributed by atoms with van der Waals surface area (Å²) in [5.41, 5.74) is 1.50. The summed E-state index contributed by atoms with van der Waals surface area (Å²) in [5, 5.41) is 18.9. The Labute approximate surface area is 142 Å². The van der Waals surface area contributed by atoms with Crippen molar-refractivity contribution in [3.8, 4) is 0 Å². The van der Waals surface area contributed by atoms with Crippen LogP contribution in [0.5, 0.6) is 0 Å². The van der Waals surface area contributed by atoms with Gasteiger partial charge in [-0.05, 0) is 18.2 Å². The molecule has 132 valence electrons. The van der Waals surface area contributed by atoms with Crippen molar-refractivity contribution in [2.24, 2.45) is 0 Å². The molecule has 0 amide bonds. The van der Waals surface area contributed by atoms with Crippen LogP contribution in [0.15, 0.2) is 47.4 Å². The van der Waals surface area contributed by atoms with E-state index >= 15 is 0 Å². The Morgan fingerprint density at radius 3 is 2.80 bits per heavy atom. The number of nitrogens with zero attached hydrogens (tertiary/aromatic N) is 2. The van der Waals surface area contributed by atoms with Crippen LogP contribution in [0.2, 0.25) is 0 Å². The van der Waals surface area contributed by atoms with Crippen LogP contribution in [0.1, 0.15) is 23.0 Å². The van der Waals surface area contributed by atoms with Gasteiger partial charge in [-0.15, -0.1) is 0 Å². The highest BCUT2D eigenvalue weighted by Gasteiger charge is 2.36. The normalized spacial score (nSPS) is 22.6. The zero-order valence-corrected chi connectivity index (χ0v) is 13.1. The molecule has 0 saturated carbocycles. The monoisotopic (exact) mass is 347 g/mol. The van der Waals surface area contributed by atoms with E-state index in [2.05, 4.69) is 4.98 Å². The van der Waals surface area contributed by atoms with Crippen molar-refractivity contribution in [1.29, 1.82) is 0 Å². The second-order valence-electron chi connectivity index (χ2n) is 5.53. The highest BCUT2D eigenvalue weighted by atomic mass is 16.6. The molecule has 9 heteroatoms. The van der Waals surface area contributed by atoms with Gasteiger partial charge in [-0.3, -0.25) is 15.3 Å². The molecule has 0 aliphatic carbocycles. The second kappa shape index (κ2) is 7.43. The molecule has 2 heterocycles. The van der Waals surface area contributed by atoms with Gasteiger partial charge >= 0.3 is 11.7 Å². The van der Waals surface area contributed by atoms with E-state index in [1.54, 1.807) is 35.8 Å². The SMILES string of the molecule is O=C(OC[C@@H]1C[C@@H](O)[C@H](n2ccc(NO)nc2=O)O1)c1ccccc1. The van der Waals surface area contributed by atoms with Crippen molar-refractivity contribution >= 4 is 11.8 Å². The van der Waals surface area contributed by atoms with Crippen molar-refractivity contribution in [3.63, 3.8) is 0 Å². The van der Waals surface area contributed by atoms with E-state index in [9.17, 15) is 14.7 Å². The minimum absolute atomic E-state index is 0.0120. The van der Waals surface area contributed by atoms with Crippen LogP contribution in [-0.4, -0.2) is 44.6 Å². The molecule has 25 heavy (non-hydrogen) atoms. The first-order valence-electron chi connectivity index (χ1n) is 7.63. The predicted molar refractivity (Wildman–Crippen MR) is 85.2 cm³/mol. The zero-order chi connectivity index (χ0) is 17.8. The van der Waals surface area contributed by atoms with Crippen LogP contribution < -0.4 is 11.2 Å². The van der Waals surface area contributed by atoms with Crippen LogP contribution >= 0.6 is 0 Å². The van der Waals surface area contributed by atoms with Crippen molar-refractivity contribution in [2.75, 3.05) is 12.1 Å². The highest BCUT2D eigenvalue weighted by molar-refractivity contribution is 5.89. The number of esters is 1. The quantitative estimate of drug-likeness (QED) is 0.529. The number of carbonyl (C=O) groups is 1. The van der Waals surface area contributed by atoms with Gasteiger partial charge in [-0.25, -0.2) is 9.59 Å². The lowest BCUT2D eigenvalue weighted by Gasteiger charge is -2.17. The van der Waals surface area contributed by atoms with E-state index < -0.39 is 30.1 Å². The molecule has 3 rings (SSSR count). The molecule has 1 aromatic carbocycles. The lowest BCUT2D eigenvalue weighted by Crippen LogP contribution is -2.31. The minimum Gasteiger partial charge on any atom is -0.459 e. The number of ether oxygens (including phenoxy) is 2. The van der Waals surface area contributed by atoms with E-state index in [0.29, 0.717) is 5.56 Å². The van der Waals surface area contributed by atoms with Gasteiger partial charge < -0.3 is 14.6 Å². The van der Waals surface area contributed by atoms with E-state index in [1.807, 2.05) is 0 Å². The first kappa shape index (κ1) is 17.1. The molecule has 9 nitrogen and oxygen atoms in total. The van der Waals surface area contributed by atoms with E-state index in [-0.39, 0.29) is 18.8 Å². The molecule has 2 aromatic rings. The molecule has 0 unspecified atom stereocenters. The first-order valence-corrected chi connectivity index (χ1v) is 7.63. The topological polar surface area (TPSA) is 123 Å². The summed E-state index contributed by atoms with van der Waals surface area (Å²) in [4.78, 5) is 27.4. The molecular weight excluding hydrogens is 330 g/mol. The standard InChI is InChI=1S/C16H17N3O6/c20-12-8-11(9-24-15(21)10-4-2-1-3-5-10)25-14(12)19-7-6-13(18-23)17-16(19)22/h1-7,11-12,14,20,23H,8-9H2,(H,17,18,22)/t11-,12+,14+/m0/s1. The Morgan fingerprint density at radius 2 is 2.12 bits per heavy atom. The number of hydrogen-bond acceptors (Lipinski definition) is 8. The predicted octanol–water partition coefficient (Wildman–Crippen LogP) is 0.550. The van der Waals surface area contributed by atoms with E-state index in [4.69, 9.17) is 14.7 Å². The molecule has 0 bridgehead atoms. The van der Waals surface area contributed by atoms with Crippen LogP contribution in [-0.2, 0) is 9.47 Å². The fraction of sp³-hybridized carbons (Fsp3) is 0.312. The third-order valence-electron chi connectivity index (χ3n) is 3.79. The molecule has 1 saturated heterocycles. The lowest BCUT2D eigenvalue weighted by atomic mass is 10.2. The highest BCUT2D eigenvalue weighted by Crippen LogP contribution is 2.28. The van der Waals surface area contributed by atoms with Gasteiger partial charge in [0.1, 0.15) is 12.7 Å². The summed E-state index contributed by atoms with van der Waals surface area (Å²) in [6.45, 7) is -0.0419. The van der Waals surface area contributed by atoms with Gasteiger partial charge in [0.2, 0.25) is 0 Å². The summed E-state index contributed by atoms with van der Waals surface area (Å²) in [7, 11) is 0. The molecular formula is C16H17N3O6. The fourth-order valence-corrected chi connectivity index (χ4v) is 2.58. The molecule has 1 aliphatic heterocycles. The summed E-state index contributed by atoms with van der Waals surface area (Å²) in [6.07, 6.45) is -0.879. The van der Waals surface area contributed by atoms with Gasteiger partial charge in [0, 0.05) is 12.6 Å². The number of rotatable bonds is 5. The fourth-order valence-electron chi connectivity index (χ4n) is 2.58. The molecule has 0 radical (unpaired) electrons. The van der Waals surface area contributed by atoms with E-state index in [0.717, 1.165) is 4.57 Å². The average molecular weight is 347 g/mol. The number of hydrogen-bond donors (Lipinski definition) is 3. The van der Waals surface area contributed by atoms with Gasteiger partial charge in [0.25, 0.3) is 0 Å².